The second-order valence-electron chi connectivity index (χ2n) is 4.08. The first-order chi connectivity index (χ1) is 7.29. The van der Waals surface area contributed by atoms with Crippen LogP contribution in [0.4, 0.5) is 0 Å². The van der Waals surface area contributed by atoms with Crippen molar-refractivity contribution in [2.45, 2.75) is 44.6 Å². The van der Waals surface area contributed by atoms with E-state index in [1.165, 1.54) is 0 Å². The highest BCUT2D eigenvalue weighted by Gasteiger charge is 2.27. The Kier molecular flexibility index (Phi) is 5.65. The van der Waals surface area contributed by atoms with Crippen LogP contribution < -0.4 is 0 Å². The Labute approximate surface area is 90.9 Å². The van der Waals surface area contributed by atoms with Crippen LogP contribution in [0.25, 0.3) is 0 Å². The second kappa shape index (κ2) is 6.80. The van der Waals surface area contributed by atoms with Gasteiger partial charge >= 0.3 is 0 Å². The predicted octanol–water partition coefficient (Wildman–Crippen LogP) is 0.522. The lowest BCUT2D eigenvalue weighted by molar-refractivity contribution is -0.132. The number of carbonyl (C=O) groups excluding carboxylic acids is 1. The van der Waals surface area contributed by atoms with Crippen LogP contribution in [-0.2, 0) is 4.79 Å². The van der Waals surface area contributed by atoms with E-state index in [0.29, 0.717) is 18.9 Å². The first kappa shape index (κ1) is 12.5. The van der Waals surface area contributed by atoms with Gasteiger partial charge in [-0.15, -0.1) is 0 Å². The van der Waals surface area contributed by atoms with Crippen molar-refractivity contribution in [2.24, 2.45) is 0 Å². The maximum Gasteiger partial charge on any atom is 0.222 e. The van der Waals surface area contributed by atoms with Crippen molar-refractivity contribution in [3.63, 3.8) is 0 Å². The highest BCUT2D eigenvalue weighted by molar-refractivity contribution is 5.76. The lowest BCUT2D eigenvalue weighted by Crippen LogP contribution is -2.35. The molecule has 0 aliphatic carbocycles. The monoisotopic (exact) mass is 215 g/mol. The molecule has 0 saturated carbocycles. The van der Waals surface area contributed by atoms with Crippen LogP contribution >= 0.6 is 0 Å². The summed E-state index contributed by atoms with van der Waals surface area (Å²) < 4.78 is 0. The number of amides is 1. The molecule has 1 aliphatic rings. The molecule has 0 aromatic rings. The van der Waals surface area contributed by atoms with Crippen molar-refractivity contribution in [2.75, 3.05) is 19.8 Å². The summed E-state index contributed by atoms with van der Waals surface area (Å²) in [6.07, 6.45) is 4.82. The summed E-state index contributed by atoms with van der Waals surface area (Å²) in [4.78, 5) is 13.7. The molecule has 0 bridgehead atoms. The zero-order valence-electron chi connectivity index (χ0n) is 9.19. The molecule has 15 heavy (non-hydrogen) atoms. The second-order valence-corrected chi connectivity index (χ2v) is 4.08. The third-order valence-electron chi connectivity index (χ3n) is 2.94. The van der Waals surface area contributed by atoms with E-state index in [1.54, 1.807) is 0 Å². The van der Waals surface area contributed by atoms with Crippen molar-refractivity contribution >= 4 is 5.91 Å². The standard InChI is InChI=1S/C11H21NO3/c13-8-2-5-10-4-1-7-12(10)11(15)6-3-9-14/h10,13-14H,1-9H2. The summed E-state index contributed by atoms with van der Waals surface area (Å²) in [5.74, 6) is 0.157. The maximum absolute atomic E-state index is 11.7. The van der Waals surface area contributed by atoms with Gasteiger partial charge in [0.25, 0.3) is 0 Å². The third kappa shape index (κ3) is 3.80. The first-order valence-electron chi connectivity index (χ1n) is 5.80. The minimum atomic E-state index is 0.0842. The van der Waals surface area contributed by atoms with Gasteiger partial charge in [-0.1, -0.05) is 0 Å². The lowest BCUT2D eigenvalue weighted by atomic mass is 10.1. The number of likely N-dealkylation sites (tertiary alicyclic amines) is 1. The molecule has 1 aliphatic heterocycles. The Morgan fingerprint density at radius 1 is 1.27 bits per heavy atom. The third-order valence-corrected chi connectivity index (χ3v) is 2.94. The van der Waals surface area contributed by atoms with Gasteiger partial charge in [-0.05, 0) is 32.1 Å². The van der Waals surface area contributed by atoms with Gasteiger partial charge < -0.3 is 15.1 Å². The van der Waals surface area contributed by atoms with E-state index in [-0.39, 0.29) is 19.1 Å². The van der Waals surface area contributed by atoms with E-state index in [2.05, 4.69) is 0 Å². The number of rotatable bonds is 6. The minimum absolute atomic E-state index is 0.0842. The largest absolute Gasteiger partial charge is 0.396 e. The molecule has 1 fully saturated rings. The van der Waals surface area contributed by atoms with Crippen LogP contribution in [0.1, 0.15) is 38.5 Å². The molecule has 4 nitrogen and oxygen atoms in total. The molecule has 0 spiro atoms. The molecule has 0 radical (unpaired) electrons. The van der Waals surface area contributed by atoms with Gasteiger partial charge in [0.2, 0.25) is 5.91 Å². The van der Waals surface area contributed by atoms with Crippen molar-refractivity contribution < 1.29 is 15.0 Å². The van der Waals surface area contributed by atoms with Crippen LogP contribution in [0.2, 0.25) is 0 Å². The van der Waals surface area contributed by atoms with Gasteiger partial charge in [0.05, 0.1) is 0 Å². The molecule has 1 unspecified atom stereocenters. The number of nitrogens with zero attached hydrogens (tertiary/aromatic N) is 1. The van der Waals surface area contributed by atoms with E-state index in [9.17, 15) is 4.79 Å². The van der Waals surface area contributed by atoms with E-state index >= 15 is 0 Å². The lowest BCUT2D eigenvalue weighted by Gasteiger charge is -2.24. The molecule has 4 heteroatoms. The molecule has 88 valence electrons. The molecule has 0 aromatic carbocycles. The normalized spacial score (nSPS) is 20.9. The molecule has 0 aromatic heterocycles. The highest BCUT2D eigenvalue weighted by Crippen LogP contribution is 2.22. The van der Waals surface area contributed by atoms with Crippen LogP contribution in [0, 0.1) is 0 Å². The zero-order chi connectivity index (χ0) is 11.1. The Hall–Kier alpha value is -0.610. The quantitative estimate of drug-likeness (QED) is 0.679. The van der Waals surface area contributed by atoms with Crippen LogP contribution in [0.15, 0.2) is 0 Å². The molecule has 1 rings (SSSR count). The summed E-state index contributed by atoms with van der Waals surface area (Å²) in [5.41, 5.74) is 0. The SMILES string of the molecule is O=C(CCCO)N1CCCC1CCCO. The van der Waals surface area contributed by atoms with E-state index in [4.69, 9.17) is 10.2 Å². The van der Waals surface area contributed by atoms with Gasteiger partial charge in [0, 0.05) is 32.2 Å². The molecule has 2 N–H and O–H groups in total. The summed E-state index contributed by atoms with van der Waals surface area (Å²) in [7, 11) is 0. The fourth-order valence-corrected chi connectivity index (χ4v) is 2.16. The van der Waals surface area contributed by atoms with Crippen LogP contribution in [-0.4, -0.2) is 46.8 Å². The van der Waals surface area contributed by atoms with E-state index in [1.807, 2.05) is 4.90 Å². The van der Waals surface area contributed by atoms with Crippen molar-refractivity contribution in [1.29, 1.82) is 0 Å². The van der Waals surface area contributed by atoms with Gasteiger partial charge in [0.15, 0.2) is 0 Å². The van der Waals surface area contributed by atoms with Gasteiger partial charge in [-0.2, -0.15) is 0 Å². The summed E-state index contributed by atoms with van der Waals surface area (Å²) in [5, 5.41) is 17.4. The summed E-state index contributed by atoms with van der Waals surface area (Å²) in [6, 6.07) is 0.323. The number of aliphatic hydroxyl groups is 2. The van der Waals surface area contributed by atoms with E-state index < -0.39 is 0 Å². The van der Waals surface area contributed by atoms with Crippen molar-refractivity contribution in [1.82, 2.24) is 4.90 Å². The molecule has 1 saturated heterocycles. The Morgan fingerprint density at radius 2 is 2.00 bits per heavy atom. The number of hydrogen-bond acceptors (Lipinski definition) is 3. The number of carbonyl (C=O) groups is 1. The maximum atomic E-state index is 11.7. The molecule has 1 atom stereocenters. The van der Waals surface area contributed by atoms with Crippen molar-refractivity contribution in [3.05, 3.63) is 0 Å². The molecule has 1 amide bonds. The number of hydrogen-bond donors (Lipinski definition) is 2. The Morgan fingerprint density at radius 3 is 2.67 bits per heavy atom. The topological polar surface area (TPSA) is 60.8 Å². The highest BCUT2D eigenvalue weighted by atomic mass is 16.3. The smallest absolute Gasteiger partial charge is 0.222 e. The summed E-state index contributed by atoms with van der Waals surface area (Å²) >= 11 is 0. The average molecular weight is 215 g/mol. The Bertz CT molecular complexity index is 196. The van der Waals surface area contributed by atoms with Gasteiger partial charge in [-0.3, -0.25) is 4.79 Å². The van der Waals surface area contributed by atoms with E-state index in [0.717, 1.165) is 32.2 Å². The fraction of sp³-hybridized carbons (Fsp3) is 0.909. The molecule has 1 heterocycles. The summed E-state index contributed by atoms with van der Waals surface area (Å²) in [6.45, 7) is 1.14. The predicted molar refractivity (Wildman–Crippen MR) is 57.4 cm³/mol. The van der Waals surface area contributed by atoms with Gasteiger partial charge in [0.1, 0.15) is 0 Å². The number of aliphatic hydroxyl groups excluding tert-OH is 2. The minimum Gasteiger partial charge on any atom is -0.396 e. The Balaban J connectivity index is 2.34. The van der Waals surface area contributed by atoms with Crippen molar-refractivity contribution in [3.8, 4) is 0 Å². The average Bonchev–Trinajstić information content (AvgIpc) is 2.71. The zero-order valence-corrected chi connectivity index (χ0v) is 9.19. The molecular weight excluding hydrogens is 194 g/mol. The van der Waals surface area contributed by atoms with Crippen LogP contribution in [0.5, 0.6) is 0 Å². The first-order valence-corrected chi connectivity index (χ1v) is 5.80. The fourth-order valence-electron chi connectivity index (χ4n) is 2.16. The van der Waals surface area contributed by atoms with Gasteiger partial charge in [-0.25, -0.2) is 0 Å². The molecular formula is C11H21NO3. The van der Waals surface area contributed by atoms with Crippen LogP contribution in [0.3, 0.4) is 0 Å².